The molecule has 130 valence electrons. The van der Waals surface area contributed by atoms with E-state index < -0.39 is 11.6 Å². The van der Waals surface area contributed by atoms with Crippen LogP contribution in [0, 0.1) is 0 Å². The first kappa shape index (κ1) is 17.2. The van der Waals surface area contributed by atoms with Crippen LogP contribution in [0.25, 0.3) is 0 Å². The van der Waals surface area contributed by atoms with Crippen LogP contribution in [0.15, 0.2) is 65.7 Å². The molecule has 1 aliphatic rings. The van der Waals surface area contributed by atoms with Gasteiger partial charge < -0.3 is 14.7 Å². The van der Waals surface area contributed by atoms with Crippen molar-refractivity contribution < 1.29 is 14.6 Å². The molecule has 0 saturated carbocycles. The van der Waals surface area contributed by atoms with Crippen molar-refractivity contribution in [3.05, 3.63) is 71.8 Å². The van der Waals surface area contributed by atoms with E-state index in [0.717, 1.165) is 25.3 Å². The highest BCUT2D eigenvalue weighted by atomic mass is 16.6. The van der Waals surface area contributed by atoms with Crippen molar-refractivity contribution in [1.29, 1.82) is 0 Å². The number of benzene rings is 2. The largest absolute Gasteiger partial charge is 0.455 e. The van der Waals surface area contributed by atoms with E-state index in [2.05, 4.69) is 4.99 Å². The summed E-state index contributed by atoms with van der Waals surface area (Å²) in [5.41, 5.74) is -0.897. The molecule has 0 amide bonds. The number of likely N-dealkylation sites (N-methyl/N-ethyl adjacent to an activating group) is 1. The number of aliphatic hydroxyl groups is 1. The zero-order valence-electron chi connectivity index (χ0n) is 14.3. The molecule has 0 radical (unpaired) electrons. The Hall–Kier alpha value is -2.66. The Morgan fingerprint density at radius 3 is 2.20 bits per heavy atom. The summed E-state index contributed by atoms with van der Waals surface area (Å²) in [6.07, 6.45) is 0.992. The number of esters is 1. The minimum Gasteiger partial charge on any atom is -0.455 e. The number of nitrogens with zero attached hydrogens (tertiary/aromatic N) is 2. The van der Waals surface area contributed by atoms with Crippen molar-refractivity contribution in [1.82, 2.24) is 4.90 Å². The normalized spacial score (nSPS) is 14.8. The molecule has 0 saturated heterocycles. The van der Waals surface area contributed by atoms with Crippen molar-refractivity contribution in [3.8, 4) is 0 Å². The zero-order chi connectivity index (χ0) is 17.7. The van der Waals surface area contributed by atoms with Gasteiger partial charge in [-0.1, -0.05) is 60.7 Å². The van der Waals surface area contributed by atoms with E-state index >= 15 is 0 Å². The van der Waals surface area contributed by atoms with E-state index in [4.69, 9.17) is 4.74 Å². The molecule has 0 unspecified atom stereocenters. The van der Waals surface area contributed by atoms with Crippen LogP contribution in [-0.4, -0.2) is 48.6 Å². The smallest absolute Gasteiger partial charge is 0.348 e. The Morgan fingerprint density at radius 2 is 1.68 bits per heavy atom. The van der Waals surface area contributed by atoms with Crippen molar-refractivity contribution in [3.63, 3.8) is 0 Å². The fourth-order valence-electron chi connectivity index (χ4n) is 2.92. The Labute approximate surface area is 147 Å². The van der Waals surface area contributed by atoms with Gasteiger partial charge in [0.15, 0.2) is 0 Å². The summed E-state index contributed by atoms with van der Waals surface area (Å²) in [6, 6.07) is 17.7. The topological polar surface area (TPSA) is 62.1 Å². The minimum absolute atomic E-state index is 0.0529. The van der Waals surface area contributed by atoms with Gasteiger partial charge in [-0.15, -0.1) is 0 Å². The highest BCUT2D eigenvalue weighted by Crippen LogP contribution is 2.31. The first-order valence-corrected chi connectivity index (χ1v) is 8.37. The summed E-state index contributed by atoms with van der Waals surface area (Å²) in [6.45, 7) is 1.67. The van der Waals surface area contributed by atoms with Gasteiger partial charge in [0.1, 0.15) is 12.4 Å². The monoisotopic (exact) mass is 338 g/mol. The van der Waals surface area contributed by atoms with Crippen molar-refractivity contribution in [2.75, 3.05) is 26.7 Å². The lowest BCUT2D eigenvalue weighted by Crippen LogP contribution is -2.42. The summed E-state index contributed by atoms with van der Waals surface area (Å²) in [7, 11) is 1.92. The standard InChI is InChI=1S/C20H22N2O3/c1-22-14-8-13-21-18(22)15-25-19(23)20(24,16-9-4-2-5-10-16)17-11-6-3-7-12-17/h2-7,9-12,24H,8,13-15H2,1H3. The van der Waals surface area contributed by atoms with Gasteiger partial charge in [0.25, 0.3) is 0 Å². The maximum Gasteiger partial charge on any atom is 0.348 e. The number of rotatable bonds is 5. The summed E-state index contributed by atoms with van der Waals surface area (Å²) in [4.78, 5) is 19.2. The van der Waals surface area contributed by atoms with E-state index in [0.29, 0.717) is 11.1 Å². The van der Waals surface area contributed by atoms with E-state index in [9.17, 15) is 9.90 Å². The SMILES string of the molecule is CN1CCCN=C1COC(=O)C(O)(c1ccccc1)c1ccccc1. The summed E-state index contributed by atoms with van der Waals surface area (Å²) in [5.74, 6) is 0.0228. The molecule has 5 heteroatoms. The van der Waals surface area contributed by atoms with Gasteiger partial charge in [-0.25, -0.2) is 4.79 Å². The first-order chi connectivity index (χ1) is 12.1. The number of ether oxygens (including phenoxy) is 1. The molecule has 5 nitrogen and oxygen atoms in total. The van der Waals surface area contributed by atoms with Crippen LogP contribution in [0.1, 0.15) is 17.5 Å². The van der Waals surface area contributed by atoms with Gasteiger partial charge in [-0.3, -0.25) is 4.99 Å². The van der Waals surface area contributed by atoms with E-state index in [1.165, 1.54) is 0 Å². The maximum absolute atomic E-state index is 12.9. The molecule has 0 aliphatic carbocycles. The third-order valence-electron chi connectivity index (χ3n) is 4.40. The number of carbonyl (C=O) groups excluding carboxylic acids is 1. The number of hydrogen-bond donors (Lipinski definition) is 1. The fraction of sp³-hybridized carbons (Fsp3) is 0.300. The Balaban J connectivity index is 1.87. The number of aliphatic imine (C=N–C) groups is 1. The van der Waals surface area contributed by atoms with Crippen LogP contribution in [-0.2, 0) is 15.1 Å². The van der Waals surface area contributed by atoms with Crippen LogP contribution < -0.4 is 0 Å². The molecule has 3 rings (SSSR count). The molecule has 1 aliphatic heterocycles. The first-order valence-electron chi connectivity index (χ1n) is 8.37. The van der Waals surface area contributed by atoms with Crippen LogP contribution in [0.2, 0.25) is 0 Å². The fourth-order valence-corrected chi connectivity index (χ4v) is 2.92. The average Bonchev–Trinajstić information content (AvgIpc) is 2.68. The average molecular weight is 338 g/mol. The minimum atomic E-state index is -1.85. The molecular formula is C20H22N2O3. The second-order valence-electron chi connectivity index (χ2n) is 6.09. The summed E-state index contributed by atoms with van der Waals surface area (Å²) < 4.78 is 5.46. The zero-order valence-corrected chi connectivity index (χ0v) is 14.3. The molecule has 0 atom stereocenters. The number of amidine groups is 1. The summed E-state index contributed by atoms with van der Waals surface area (Å²) in [5, 5.41) is 11.3. The van der Waals surface area contributed by atoms with Crippen LogP contribution in [0.4, 0.5) is 0 Å². The number of carbonyl (C=O) groups is 1. The Morgan fingerprint density at radius 1 is 1.12 bits per heavy atom. The van der Waals surface area contributed by atoms with Gasteiger partial charge in [-0.2, -0.15) is 0 Å². The molecule has 25 heavy (non-hydrogen) atoms. The Kier molecular flexibility index (Phi) is 5.14. The van der Waals surface area contributed by atoms with E-state index in [-0.39, 0.29) is 6.61 Å². The van der Waals surface area contributed by atoms with Gasteiger partial charge in [0.2, 0.25) is 5.60 Å². The summed E-state index contributed by atoms with van der Waals surface area (Å²) >= 11 is 0. The van der Waals surface area contributed by atoms with Crippen LogP contribution in [0.3, 0.4) is 0 Å². The van der Waals surface area contributed by atoms with E-state index in [1.54, 1.807) is 48.5 Å². The molecule has 1 N–H and O–H groups in total. The third-order valence-corrected chi connectivity index (χ3v) is 4.40. The van der Waals surface area contributed by atoms with Crippen molar-refractivity contribution >= 4 is 11.8 Å². The lowest BCUT2D eigenvalue weighted by atomic mass is 9.86. The molecular weight excluding hydrogens is 316 g/mol. The van der Waals surface area contributed by atoms with Crippen LogP contribution in [0.5, 0.6) is 0 Å². The lowest BCUT2D eigenvalue weighted by molar-refractivity contribution is -0.160. The molecule has 0 aromatic heterocycles. The highest BCUT2D eigenvalue weighted by molar-refractivity contribution is 5.89. The lowest BCUT2D eigenvalue weighted by Gasteiger charge is -2.29. The molecule has 0 fully saturated rings. The molecule has 2 aromatic carbocycles. The molecule has 2 aromatic rings. The van der Waals surface area contributed by atoms with Crippen molar-refractivity contribution in [2.24, 2.45) is 4.99 Å². The predicted molar refractivity (Wildman–Crippen MR) is 96.4 cm³/mol. The predicted octanol–water partition coefficient (Wildman–Crippen LogP) is 2.20. The van der Waals surface area contributed by atoms with Gasteiger partial charge in [0, 0.05) is 20.1 Å². The molecule has 1 heterocycles. The second-order valence-corrected chi connectivity index (χ2v) is 6.09. The second kappa shape index (κ2) is 7.49. The molecule has 0 spiro atoms. The molecule has 0 bridgehead atoms. The highest BCUT2D eigenvalue weighted by Gasteiger charge is 2.41. The van der Waals surface area contributed by atoms with E-state index in [1.807, 2.05) is 24.1 Å². The van der Waals surface area contributed by atoms with Gasteiger partial charge >= 0.3 is 5.97 Å². The third kappa shape index (κ3) is 3.56. The Bertz CT molecular complexity index is 705. The van der Waals surface area contributed by atoms with Crippen LogP contribution >= 0.6 is 0 Å². The van der Waals surface area contributed by atoms with Gasteiger partial charge in [0.05, 0.1) is 0 Å². The quantitative estimate of drug-likeness (QED) is 0.849. The number of hydrogen-bond acceptors (Lipinski definition) is 5. The maximum atomic E-state index is 12.9. The van der Waals surface area contributed by atoms with Gasteiger partial charge in [-0.05, 0) is 17.5 Å². The van der Waals surface area contributed by atoms with Crippen molar-refractivity contribution in [2.45, 2.75) is 12.0 Å².